The smallest absolute Gasteiger partial charge is 0.212 e. The maximum absolute atomic E-state index is 11.8. The van der Waals surface area contributed by atoms with Crippen LogP contribution < -0.4 is 10.5 Å². The number of nitrogens with two attached hydrogens (primary N) is 1. The van der Waals surface area contributed by atoms with E-state index < -0.39 is 16.1 Å². The summed E-state index contributed by atoms with van der Waals surface area (Å²) >= 11 is 1.44. The van der Waals surface area contributed by atoms with Gasteiger partial charge in [-0.3, -0.25) is 0 Å². The molecule has 0 bridgehead atoms. The zero-order chi connectivity index (χ0) is 15.0. The molecule has 0 radical (unpaired) electrons. The lowest BCUT2D eigenvalue weighted by atomic mass is 10.3. The number of ether oxygens (including phenoxy) is 1. The molecule has 1 rings (SSSR count). The number of aliphatic hydroxyl groups is 1. The van der Waals surface area contributed by atoms with Crippen LogP contribution in [-0.4, -0.2) is 51.4 Å². The van der Waals surface area contributed by atoms with Gasteiger partial charge in [0, 0.05) is 23.4 Å². The Kier molecular flexibility index (Phi) is 7.31. The van der Waals surface area contributed by atoms with Crippen LogP contribution in [0.25, 0.3) is 0 Å². The SMILES string of the molecule is COCC(CO)NS(=O)(=O)CCSc1ccc(N)cc1. The van der Waals surface area contributed by atoms with Gasteiger partial charge in [-0.2, -0.15) is 0 Å². The summed E-state index contributed by atoms with van der Waals surface area (Å²) in [5.74, 6) is 0.395. The first-order valence-electron chi connectivity index (χ1n) is 6.05. The molecule has 0 aliphatic rings. The highest BCUT2D eigenvalue weighted by Gasteiger charge is 2.17. The van der Waals surface area contributed by atoms with Crippen LogP contribution in [0.1, 0.15) is 0 Å². The number of methoxy groups -OCH3 is 1. The van der Waals surface area contributed by atoms with Gasteiger partial charge in [0.15, 0.2) is 0 Å². The predicted molar refractivity (Wildman–Crippen MR) is 81.3 cm³/mol. The van der Waals surface area contributed by atoms with Crippen LogP contribution >= 0.6 is 11.8 Å². The molecule has 0 amide bonds. The molecule has 0 saturated carbocycles. The van der Waals surface area contributed by atoms with E-state index in [0.29, 0.717) is 11.4 Å². The van der Waals surface area contributed by atoms with Crippen molar-refractivity contribution in [2.75, 3.05) is 37.6 Å². The van der Waals surface area contributed by atoms with Crippen molar-refractivity contribution in [3.05, 3.63) is 24.3 Å². The van der Waals surface area contributed by atoms with Gasteiger partial charge < -0.3 is 15.6 Å². The standard InChI is InChI=1S/C12H20N2O4S2/c1-18-9-11(8-15)14-20(16,17)7-6-19-12-4-2-10(13)3-5-12/h2-5,11,14-15H,6-9,13H2,1H3. The molecule has 0 aliphatic carbocycles. The maximum atomic E-state index is 11.8. The van der Waals surface area contributed by atoms with Crippen molar-refractivity contribution in [3.63, 3.8) is 0 Å². The first kappa shape index (κ1) is 17.3. The van der Waals surface area contributed by atoms with Crippen LogP contribution in [0.2, 0.25) is 0 Å². The number of sulfonamides is 1. The molecule has 0 spiro atoms. The van der Waals surface area contributed by atoms with E-state index in [4.69, 9.17) is 15.6 Å². The Bertz CT molecular complexity index is 491. The summed E-state index contributed by atoms with van der Waals surface area (Å²) in [7, 11) is -1.98. The molecule has 0 fully saturated rings. The van der Waals surface area contributed by atoms with Crippen LogP contribution in [-0.2, 0) is 14.8 Å². The van der Waals surface area contributed by atoms with E-state index in [1.807, 2.05) is 12.1 Å². The number of thioether (sulfide) groups is 1. The normalized spacial score (nSPS) is 13.3. The lowest BCUT2D eigenvalue weighted by molar-refractivity contribution is 0.139. The van der Waals surface area contributed by atoms with Gasteiger partial charge in [-0.05, 0) is 24.3 Å². The average molecular weight is 320 g/mol. The first-order valence-corrected chi connectivity index (χ1v) is 8.69. The summed E-state index contributed by atoms with van der Waals surface area (Å²) in [5.41, 5.74) is 6.25. The zero-order valence-electron chi connectivity index (χ0n) is 11.3. The third kappa shape index (κ3) is 6.58. The topological polar surface area (TPSA) is 102 Å². The molecule has 1 unspecified atom stereocenters. The molecule has 4 N–H and O–H groups in total. The molecule has 6 nitrogen and oxygen atoms in total. The van der Waals surface area contributed by atoms with Crippen molar-refractivity contribution < 1.29 is 18.3 Å². The summed E-state index contributed by atoms with van der Waals surface area (Å²) < 4.78 is 30.8. The van der Waals surface area contributed by atoms with Crippen molar-refractivity contribution in [2.24, 2.45) is 0 Å². The molecular weight excluding hydrogens is 300 g/mol. The van der Waals surface area contributed by atoms with E-state index >= 15 is 0 Å². The fourth-order valence-electron chi connectivity index (χ4n) is 1.47. The minimum atomic E-state index is -3.43. The van der Waals surface area contributed by atoms with Crippen LogP contribution in [0.5, 0.6) is 0 Å². The summed E-state index contributed by atoms with van der Waals surface area (Å²) in [4.78, 5) is 0.963. The Balaban J connectivity index is 2.41. The summed E-state index contributed by atoms with van der Waals surface area (Å²) in [5, 5.41) is 9.03. The van der Waals surface area contributed by atoms with Crippen molar-refractivity contribution in [3.8, 4) is 0 Å². The molecule has 0 aromatic heterocycles. The second-order valence-corrected chi connectivity index (χ2v) is 7.23. The molecule has 0 heterocycles. The number of nitrogen functional groups attached to an aromatic ring is 1. The van der Waals surface area contributed by atoms with E-state index in [0.717, 1.165) is 4.90 Å². The van der Waals surface area contributed by atoms with Crippen LogP contribution in [0.3, 0.4) is 0 Å². The zero-order valence-corrected chi connectivity index (χ0v) is 12.9. The van der Waals surface area contributed by atoms with Crippen molar-refractivity contribution in [1.29, 1.82) is 0 Å². The fraction of sp³-hybridized carbons (Fsp3) is 0.500. The predicted octanol–water partition coefficient (Wildman–Crippen LogP) is 0.288. The van der Waals surface area contributed by atoms with E-state index in [-0.39, 0.29) is 19.0 Å². The van der Waals surface area contributed by atoms with Gasteiger partial charge in [-0.1, -0.05) is 0 Å². The van der Waals surface area contributed by atoms with Gasteiger partial charge in [0.2, 0.25) is 10.0 Å². The second-order valence-electron chi connectivity index (χ2n) is 4.19. The van der Waals surface area contributed by atoms with Gasteiger partial charge in [-0.15, -0.1) is 11.8 Å². The van der Waals surface area contributed by atoms with Crippen LogP contribution in [0.15, 0.2) is 29.2 Å². The Morgan fingerprint density at radius 1 is 1.40 bits per heavy atom. The molecule has 1 atom stereocenters. The molecule has 20 heavy (non-hydrogen) atoms. The monoisotopic (exact) mass is 320 g/mol. The third-order valence-electron chi connectivity index (χ3n) is 2.44. The van der Waals surface area contributed by atoms with E-state index in [1.165, 1.54) is 18.9 Å². The Hall–Kier alpha value is -0.800. The van der Waals surface area contributed by atoms with Crippen molar-refractivity contribution in [2.45, 2.75) is 10.9 Å². The van der Waals surface area contributed by atoms with E-state index in [2.05, 4.69) is 4.72 Å². The molecule has 1 aromatic rings. The maximum Gasteiger partial charge on any atom is 0.212 e. The van der Waals surface area contributed by atoms with Gasteiger partial charge in [0.05, 0.1) is 25.0 Å². The molecular formula is C12H20N2O4S2. The van der Waals surface area contributed by atoms with Gasteiger partial charge in [0.25, 0.3) is 0 Å². The minimum Gasteiger partial charge on any atom is -0.399 e. The van der Waals surface area contributed by atoms with Crippen molar-refractivity contribution in [1.82, 2.24) is 4.72 Å². The fourth-order valence-corrected chi connectivity index (χ4v) is 4.01. The Morgan fingerprint density at radius 2 is 2.05 bits per heavy atom. The number of hydrogen-bond acceptors (Lipinski definition) is 6. The summed E-state index contributed by atoms with van der Waals surface area (Å²) in [6.07, 6.45) is 0. The molecule has 1 aromatic carbocycles. The largest absolute Gasteiger partial charge is 0.399 e. The second kappa shape index (κ2) is 8.48. The highest BCUT2D eigenvalue weighted by atomic mass is 32.2. The highest BCUT2D eigenvalue weighted by molar-refractivity contribution is 8.00. The van der Waals surface area contributed by atoms with Crippen LogP contribution in [0.4, 0.5) is 5.69 Å². The molecule has 0 saturated heterocycles. The average Bonchev–Trinajstić information content (AvgIpc) is 2.40. The highest BCUT2D eigenvalue weighted by Crippen LogP contribution is 2.19. The summed E-state index contributed by atoms with van der Waals surface area (Å²) in [6, 6.07) is 6.64. The van der Waals surface area contributed by atoms with Crippen LogP contribution in [0, 0.1) is 0 Å². The lowest BCUT2D eigenvalue weighted by Crippen LogP contribution is -2.42. The molecule has 8 heteroatoms. The quantitative estimate of drug-likeness (QED) is 0.446. The van der Waals surface area contributed by atoms with E-state index in [1.54, 1.807) is 12.1 Å². The summed E-state index contributed by atoms with van der Waals surface area (Å²) in [6.45, 7) is -0.154. The van der Waals surface area contributed by atoms with Gasteiger partial charge >= 0.3 is 0 Å². The molecule has 0 aliphatic heterocycles. The van der Waals surface area contributed by atoms with Gasteiger partial charge in [-0.25, -0.2) is 13.1 Å². The number of nitrogens with one attached hydrogen (secondary N) is 1. The Morgan fingerprint density at radius 3 is 2.60 bits per heavy atom. The number of hydrogen-bond donors (Lipinski definition) is 3. The number of aliphatic hydroxyl groups excluding tert-OH is 1. The van der Waals surface area contributed by atoms with E-state index in [9.17, 15) is 8.42 Å². The lowest BCUT2D eigenvalue weighted by Gasteiger charge is -2.15. The number of anilines is 1. The Labute approximate surface area is 123 Å². The number of benzene rings is 1. The molecule has 114 valence electrons. The minimum absolute atomic E-state index is 0.0255. The van der Waals surface area contributed by atoms with Crippen molar-refractivity contribution >= 4 is 27.5 Å². The number of rotatable bonds is 9. The first-order chi connectivity index (χ1) is 9.46. The van der Waals surface area contributed by atoms with Gasteiger partial charge in [0.1, 0.15) is 0 Å². The third-order valence-corrected chi connectivity index (χ3v) is 5.14.